The standard InChI is InChI=1S/C25H30O3.C4H11N5/c1-19-10-14-21(15-11-19)24-8-4-2-3-7-22(24)18-28-23-16-12-20(13-17-23)6-5-9-25(26)27;1-9(2)4(7)8-3(5)6/h10-17H,2-9,18H2,1H3,(H,26,27);1-2H3,(H5,5,6,7,8). The van der Waals surface area contributed by atoms with E-state index in [2.05, 4.69) is 36.2 Å². The number of benzene rings is 2. The first kappa shape index (κ1) is 29.4. The monoisotopic (exact) mass is 507 g/mol. The van der Waals surface area contributed by atoms with Crippen LogP contribution in [0.15, 0.2) is 59.1 Å². The van der Waals surface area contributed by atoms with Gasteiger partial charge in [-0.2, -0.15) is 4.99 Å². The van der Waals surface area contributed by atoms with Gasteiger partial charge in [0, 0.05) is 20.5 Å². The summed E-state index contributed by atoms with van der Waals surface area (Å²) in [6.07, 6.45) is 7.67. The summed E-state index contributed by atoms with van der Waals surface area (Å²) in [6, 6.07) is 16.9. The zero-order chi connectivity index (χ0) is 27.2. The molecule has 3 rings (SSSR count). The number of carbonyl (C=O) groups is 1. The molecule has 0 heterocycles. The number of allylic oxidation sites excluding steroid dienone is 1. The fourth-order valence-electron chi connectivity index (χ4n) is 4.00. The van der Waals surface area contributed by atoms with Gasteiger partial charge in [-0.15, -0.1) is 0 Å². The number of carboxylic acid groups (broad SMARTS) is 1. The molecule has 0 atom stereocenters. The van der Waals surface area contributed by atoms with E-state index in [1.807, 2.05) is 24.3 Å². The van der Waals surface area contributed by atoms with Crippen LogP contribution in [0.2, 0.25) is 0 Å². The number of nitrogens with one attached hydrogen (secondary N) is 1. The Kier molecular flexibility index (Phi) is 12.2. The highest BCUT2D eigenvalue weighted by molar-refractivity contribution is 5.91. The minimum Gasteiger partial charge on any atom is -0.489 e. The second kappa shape index (κ2) is 15.3. The van der Waals surface area contributed by atoms with Gasteiger partial charge in [-0.1, -0.05) is 48.4 Å². The predicted molar refractivity (Wildman–Crippen MR) is 151 cm³/mol. The summed E-state index contributed by atoms with van der Waals surface area (Å²) in [5, 5.41) is 15.4. The zero-order valence-corrected chi connectivity index (χ0v) is 22.3. The van der Waals surface area contributed by atoms with E-state index in [0.29, 0.717) is 13.0 Å². The van der Waals surface area contributed by atoms with Crippen molar-refractivity contribution in [3.05, 3.63) is 70.8 Å². The van der Waals surface area contributed by atoms with Crippen LogP contribution in [0.4, 0.5) is 0 Å². The van der Waals surface area contributed by atoms with Crippen molar-refractivity contribution in [2.24, 2.45) is 16.5 Å². The molecule has 0 amide bonds. The Morgan fingerprint density at radius 1 is 1.03 bits per heavy atom. The molecule has 1 aliphatic carbocycles. The van der Waals surface area contributed by atoms with E-state index in [1.54, 1.807) is 19.0 Å². The first-order valence-corrected chi connectivity index (χ1v) is 12.7. The van der Waals surface area contributed by atoms with Crippen LogP contribution < -0.4 is 16.2 Å². The molecule has 200 valence electrons. The van der Waals surface area contributed by atoms with Crippen LogP contribution >= 0.6 is 0 Å². The molecule has 0 aromatic heterocycles. The summed E-state index contributed by atoms with van der Waals surface area (Å²) < 4.78 is 6.12. The average Bonchev–Trinajstić information content (AvgIpc) is 3.09. The highest BCUT2D eigenvalue weighted by atomic mass is 16.5. The Morgan fingerprint density at radius 2 is 1.68 bits per heavy atom. The molecule has 0 saturated heterocycles. The maximum atomic E-state index is 10.6. The molecule has 0 fully saturated rings. The molecule has 2 aromatic carbocycles. The lowest BCUT2D eigenvalue weighted by molar-refractivity contribution is -0.137. The molecule has 0 aliphatic heterocycles. The maximum Gasteiger partial charge on any atom is 0.303 e. The van der Waals surface area contributed by atoms with E-state index in [0.717, 1.165) is 30.6 Å². The van der Waals surface area contributed by atoms with Crippen molar-refractivity contribution >= 4 is 23.5 Å². The first-order chi connectivity index (χ1) is 17.7. The normalized spacial score (nSPS) is 13.8. The lowest BCUT2D eigenvalue weighted by atomic mass is 9.95. The summed E-state index contributed by atoms with van der Waals surface area (Å²) in [6.45, 7) is 2.77. The summed E-state index contributed by atoms with van der Waals surface area (Å²) in [5.74, 6) is 0.103. The number of hydrogen-bond donors (Lipinski definition) is 4. The second-order valence-electron chi connectivity index (χ2n) is 9.44. The number of nitrogens with two attached hydrogens (primary N) is 2. The largest absolute Gasteiger partial charge is 0.489 e. The van der Waals surface area contributed by atoms with Crippen LogP contribution in [0.5, 0.6) is 5.75 Å². The number of aliphatic imine (C=N–C) groups is 1. The fraction of sp³-hybridized carbons (Fsp3) is 0.414. The predicted octanol–water partition coefficient (Wildman–Crippen LogP) is 4.96. The number of nitrogens with zero attached hydrogens (tertiary/aromatic N) is 2. The molecule has 2 aromatic rings. The summed E-state index contributed by atoms with van der Waals surface area (Å²) in [7, 11) is 3.45. The maximum absolute atomic E-state index is 10.6. The highest BCUT2D eigenvalue weighted by Crippen LogP contribution is 2.32. The van der Waals surface area contributed by atoms with Crippen molar-refractivity contribution in [3.8, 4) is 5.75 Å². The molecule has 0 radical (unpaired) electrons. The van der Waals surface area contributed by atoms with E-state index >= 15 is 0 Å². The van der Waals surface area contributed by atoms with Gasteiger partial charge in [-0.05, 0) is 79.9 Å². The minimum absolute atomic E-state index is 0.216. The van der Waals surface area contributed by atoms with Crippen molar-refractivity contribution in [2.45, 2.75) is 58.3 Å². The average molecular weight is 508 g/mol. The van der Waals surface area contributed by atoms with Crippen LogP contribution in [0.1, 0.15) is 61.6 Å². The number of aliphatic carboxylic acids is 1. The zero-order valence-electron chi connectivity index (χ0n) is 22.3. The molecule has 0 bridgehead atoms. The Morgan fingerprint density at radius 3 is 2.24 bits per heavy atom. The van der Waals surface area contributed by atoms with Crippen molar-refractivity contribution in [1.82, 2.24) is 4.90 Å². The third-order valence-electron chi connectivity index (χ3n) is 6.12. The lowest BCUT2D eigenvalue weighted by Gasteiger charge is -2.15. The Balaban J connectivity index is 0.000000458. The van der Waals surface area contributed by atoms with Crippen LogP contribution in [0, 0.1) is 12.3 Å². The molecule has 6 N–H and O–H groups in total. The van der Waals surface area contributed by atoms with Crippen LogP contribution in [-0.2, 0) is 11.2 Å². The molecule has 1 aliphatic rings. The molecule has 8 nitrogen and oxygen atoms in total. The van der Waals surface area contributed by atoms with Crippen LogP contribution in [0.25, 0.3) is 5.57 Å². The molecule has 37 heavy (non-hydrogen) atoms. The summed E-state index contributed by atoms with van der Waals surface area (Å²) in [4.78, 5) is 15.7. The van der Waals surface area contributed by atoms with E-state index in [1.165, 1.54) is 41.5 Å². The third-order valence-corrected chi connectivity index (χ3v) is 6.12. The molecular weight excluding hydrogens is 466 g/mol. The molecular formula is C29H41N5O3. The van der Waals surface area contributed by atoms with E-state index < -0.39 is 5.97 Å². The Labute approximate surface area is 220 Å². The molecule has 0 saturated carbocycles. The highest BCUT2D eigenvalue weighted by Gasteiger charge is 2.14. The first-order valence-electron chi connectivity index (χ1n) is 12.7. The van der Waals surface area contributed by atoms with Crippen molar-refractivity contribution in [1.29, 1.82) is 5.41 Å². The summed E-state index contributed by atoms with van der Waals surface area (Å²) >= 11 is 0. The van der Waals surface area contributed by atoms with Crippen LogP contribution in [-0.4, -0.2) is 48.6 Å². The van der Waals surface area contributed by atoms with Gasteiger partial charge in [0.05, 0.1) is 0 Å². The van der Waals surface area contributed by atoms with E-state index in [9.17, 15) is 4.79 Å². The minimum atomic E-state index is -0.735. The quantitative estimate of drug-likeness (QED) is 0.294. The number of hydrogen-bond acceptors (Lipinski definition) is 3. The number of carboxylic acids is 1. The number of guanidine groups is 2. The second-order valence-corrected chi connectivity index (χ2v) is 9.44. The van der Waals surface area contributed by atoms with E-state index in [-0.39, 0.29) is 18.3 Å². The molecule has 0 unspecified atom stereocenters. The van der Waals surface area contributed by atoms with Gasteiger partial charge in [0.1, 0.15) is 12.4 Å². The van der Waals surface area contributed by atoms with Crippen molar-refractivity contribution in [3.63, 3.8) is 0 Å². The van der Waals surface area contributed by atoms with Crippen molar-refractivity contribution in [2.75, 3.05) is 20.7 Å². The van der Waals surface area contributed by atoms with Gasteiger partial charge in [0.25, 0.3) is 0 Å². The van der Waals surface area contributed by atoms with Gasteiger partial charge < -0.3 is 26.2 Å². The van der Waals surface area contributed by atoms with Gasteiger partial charge in [-0.25, -0.2) is 0 Å². The molecule has 0 spiro atoms. The van der Waals surface area contributed by atoms with Gasteiger partial charge in [0.15, 0.2) is 5.96 Å². The van der Waals surface area contributed by atoms with Gasteiger partial charge in [0.2, 0.25) is 5.96 Å². The number of rotatable bonds is 8. The lowest BCUT2D eigenvalue weighted by Crippen LogP contribution is -2.32. The summed E-state index contributed by atoms with van der Waals surface area (Å²) in [5.41, 5.74) is 16.9. The molecule has 8 heteroatoms. The van der Waals surface area contributed by atoms with E-state index in [4.69, 9.17) is 26.7 Å². The van der Waals surface area contributed by atoms with Crippen molar-refractivity contribution < 1.29 is 14.6 Å². The van der Waals surface area contributed by atoms with Gasteiger partial charge in [-0.3, -0.25) is 10.2 Å². The SMILES string of the molecule is CN(C)C(N)=NC(=N)N.Cc1ccc(C2=C(COc3ccc(CCCC(=O)O)cc3)CCCCC2)cc1. The number of ether oxygens (including phenoxy) is 1. The smallest absolute Gasteiger partial charge is 0.303 e. The van der Waals surface area contributed by atoms with Crippen LogP contribution in [0.3, 0.4) is 0 Å². The number of aryl methyl sites for hydroxylation is 2. The Bertz CT molecular complexity index is 1070. The topological polar surface area (TPSA) is 138 Å². The third kappa shape index (κ3) is 11.2. The van der Waals surface area contributed by atoms with Gasteiger partial charge >= 0.3 is 5.97 Å². The Hall–Kier alpha value is -3.81. The fourth-order valence-corrected chi connectivity index (χ4v) is 4.00.